The minimum atomic E-state index is 0.0540. The Bertz CT molecular complexity index is 829. The molecule has 2 aromatic carbocycles. The maximum Gasteiger partial charge on any atom is 0.254 e. The van der Waals surface area contributed by atoms with Crippen LogP contribution in [-0.4, -0.2) is 47.8 Å². The highest BCUT2D eigenvalue weighted by Crippen LogP contribution is 2.16. The minimum Gasteiger partial charge on any atom is -0.337 e. The first-order valence-corrected chi connectivity index (χ1v) is 9.19. The molecule has 2 aromatic rings. The molecule has 1 aliphatic heterocycles. The number of hydrogen-bond acceptors (Lipinski definition) is 2. The van der Waals surface area contributed by atoms with E-state index in [1.54, 1.807) is 0 Å². The number of rotatable bonds is 2. The van der Waals surface area contributed by atoms with E-state index < -0.39 is 0 Å². The zero-order chi connectivity index (χ0) is 18.7. The van der Waals surface area contributed by atoms with E-state index in [0.29, 0.717) is 26.2 Å². The first kappa shape index (κ1) is 18.2. The predicted molar refractivity (Wildman–Crippen MR) is 104 cm³/mol. The van der Waals surface area contributed by atoms with Crippen molar-refractivity contribution in [1.29, 1.82) is 0 Å². The first-order chi connectivity index (χ1) is 12.5. The Kier molecular flexibility index (Phi) is 5.40. The molecule has 1 fully saturated rings. The second kappa shape index (κ2) is 7.73. The summed E-state index contributed by atoms with van der Waals surface area (Å²) in [6.45, 7) is 8.54. The van der Waals surface area contributed by atoms with Gasteiger partial charge in [-0.1, -0.05) is 24.3 Å². The summed E-state index contributed by atoms with van der Waals surface area (Å²) in [7, 11) is 0. The molecule has 0 bridgehead atoms. The standard InChI is InChI=1S/C22H26N2O2/c1-16-9-10-19(15-18(16)3)21(25)23-11-6-12-24(14-13-23)22(26)20-8-5-4-7-17(20)2/h4-5,7-10,15H,6,11-14H2,1-3H3. The molecule has 0 N–H and O–H groups in total. The third-order valence-corrected chi connectivity index (χ3v) is 5.20. The number of carbonyl (C=O) groups excluding carboxylic acids is 2. The number of amides is 2. The smallest absolute Gasteiger partial charge is 0.254 e. The van der Waals surface area contributed by atoms with Gasteiger partial charge in [0.05, 0.1) is 0 Å². The van der Waals surface area contributed by atoms with Gasteiger partial charge in [0.2, 0.25) is 0 Å². The minimum absolute atomic E-state index is 0.0540. The Hall–Kier alpha value is -2.62. The summed E-state index contributed by atoms with van der Waals surface area (Å²) in [4.78, 5) is 29.4. The molecule has 0 unspecified atom stereocenters. The molecule has 0 atom stereocenters. The average Bonchev–Trinajstić information content (AvgIpc) is 2.89. The normalized spacial score (nSPS) is 14.9. The molecule has 0 saturated carbocycles. The van der Waals surface area contributed by atoms with E-state index in [-0.39, 0.29) is 11.8 Å². The highest BCUT2D eigenvalue weighted by atomic mass is 16.2. The molecule has 0 aliphatic carbocycles. The van der Waals surface area contributed by atoms with Crippen LogP contribution in [-0.2, 0) is 0 Å². The fourth-order valence-electron chi connectivity index (χ4n) is 3.36. The average molecular weight is 350 g/mol. The van der Waals surface area contributed by atoms with Crippen LogP contribution in [0.5, 0.6) is 0 Å². The van der Waals surface area contributed by atoms with Crippen LogP contribution in [0.2, 0.25) is 0 Å². The third-order valence-electron chi connectivity index (χ3n) is 5.20. The Morgan fingerprint density at radius 2 is 1.38 bits per heavy atom. The lowest BCUT2D eigenvalue weighted by Crippen LogP contribution is -2.37. The van der Waals surface area contributed by atoms with E-state index in [4.69, 9.17) is 0 Å². The lowest BCUT2D eigenvalue weighted by Gasteiger charge is -2.23. The molecule has 26 heavy (non-hydrogen) atoms. The van der Waals surface area contributed by atoms with Crippen LogP contribution >= 0.6 is 0 Å². The van der Waals surface area contributed by atoms with Gasteiger partial charge >= 0.3 is 0 Å². The van der Waals surface area contributed by atoms with E-state index in [0.717, 1.165) is 28.7 Å². The molecule has 0 radical (unpaired) electrons. The van der Waals surface area contributed by atoms with Crippen molar-refractivity contribution in [1.82, 2.24) is 9.80 Å². The van der Waals surface area contributed by atoms with Gasteiger partial charge in [0.25, 0.3) is 11.8 Å². The largest absolute Gasteiger partial charge is 0.337 e. The van der Waals surface area contributed by atoms with Crippen molar-refractivity contribution in [2.75, 3.05) is 26.2 Å². The van der Waals surface area contributed by atoms with Gasteiger partial charge in [-0.05, 0) is 62.1 Å². The van der Waals surface area contributed by atoms with Crippen molar-refractivity contribution >= 4 is 11.8 Å². The van der Waals surface area contributed by atoms with Gasteiger partial charge in [0.1, 0.15) is 0 Å². The summed E-state index contributed by atoms with van der Waals surface area (Å²) in [5.74, 6) is 0.113. The van der Waals surface area contributed by atoms with Gasteiger partial charge in [-0.2, -0.15) is 0 Å². The Balaban J connectivity index is 1.70. The maximum atomic E-state index is 12.8. The summed E-state index contributed by atoms with van der Waals surface area (Å²) < 4.78 is 0. The Morgan fingerprint density at radius 3 is 2.04 bits per heavy atom. The van der Waals surface area contributed by atoms with E-state index in [1.165, 1.54) is 5.56 Å². The number of benzene rings is 2. The SMILES string of the molecule is Cc1ccc(C(=O)N2CCCN(C(=O)c3ccccc3C)CC2)cc1C. The van der Waals surface area contributed by atoms with Crippen LogP contribution < -0.4 is 0 Å². The topological polar surface area (TPSA) is 40.6 Å². The van der Waals surface area contributed by atoms with Crippen LogP contribution in [0.4, 0.5) is 0 Å². The van der Waals surface area contributed by atoms with Crippen LogP contribution in [0.15, 0.2) is 42.5 Å². The van der Waals surface area contributed by atoms with Crippen LogP contribution in [0, 0.1) is 20.8 Å². The van der Waals surface area contributed by atoms with Crippen molar-refractivity contribution < 1.29 is 9.59 Å². The van der Waals surface area contributed by atoms with E-state index in [1.807, 2.05) is 73.0 Å². The molecular formula is C22H26N2O2. The van der Waals surface area contributed by atoms with E-state index >= 15 is 0 Å². The monoisotopic (exact) mass is 350 g/mol. The highest BCUT2D eigenvalue weighted by Gasteiger charge is 2.24. The number of hydrogen-bond donors (Lipinski definition) is 0. The summed E-state index contributed by atoms with van der Waals surface area (Å²) in [6.07, 6.45) is 0.800. The van der Waals surface area contributed by atoms with Gasteiger partial charge in [-0.25, -0.2) is 0 Å². The van der Waals surface area contributed by atoms with Crippen molar-refractivity contribution in [3.63, 3.8) is 0 Å². The predicted octanol–water partition coefficient (Wildman–Crippen LogP) is 3.60. The van der Waals surface area contributed by atoms with Gasteiger partial charge in [-0.15, -0.1) is 0 Å². The second-order valence-electron chi connectivity index (χ2n) is 7.05. The number of carbonyl (C=O) groups is 2. The van der Waals surface area contributed by atoms with Crippen LogP contribution in [0.25, 0.3) is 0 Å². The molecule has 1 aliphatic rings. The van der Waals surface area contributed by atoms with Crippen LogP contribution in [0.3, 0.4) is 0 Å². The van der Waals surface area contributed by atoms with Gasteiger partial charge in [0.15, 0.2) is 0 Å². The molecule has 1 saturated heterocycles. The Labute approximate surface area is 155 Å². The highest BCUT2D eigenvalue weighted by molar-refractivity contribution is 5.96. The van der Waals surface area contributed by atoms with Crippen LogP contribution in [0.1, 0.15) is 43.8 Å². The summed E-state index contributed by atoms with van der Waals surface area (Å²) in [5.41, 5.74) is 4.78. The molecular weight excluding hydrogens is 324 g/mol. The molecule has 3 rings (SSSR count). The second-order valence-corrected chi connectivity index (χ2v) is 7.05. The van der Waals surface area contributed by atoms with Crippen molar-refractivity contribution in [3.8, 4) is 0 Å². The van der Waals surface area contributed by atoms with Crippen molar-refractivity contribution in [3.05, 3.63) is 70.3 Å². The van der Waals surface area contributed by atoms with E-state index in [2.05, 4.69) is 0 Å². The molecule has 0 spiro atoms. The number of aryl methyl sites for hydroxylation is 3. The Morgan fingerprint density at radius 1 is 0.731 bits per heavy atom. The number of nitrogens with zero attached hydrogens (tertiary/aromatic N) is 2. The molecule has 1 heterocycles. The first-order valence-electron chi connectivity index (χ1n) is 9.19. The summed E-state index contributed by atoms with van der Waals surface area (Å²) >= 11 is 0. The van der Waals surface area contributed by atoms with E-state index in [9.17, 15) is 9.59 Å². The molecule has 0 aromatic heterocycles. The zero-order valence-corrected chi connectivity index (χ0v) is 15.8. The maximum absolute atomic E-state index is 12.8. The molecule has 4 heteroatoms. The quantitative estimate of drug-likeness (QED) is 0.830. The molecule has 136 valence electrons. The van der Waals surface area contributed by atoms with Crippen molar-refractivity contribution in [2.45, 2.75) is 27.2 Å². The summed E-state index contributed by atoms with van der Waals surface area (Å²) in [5, 5.41) is 0. The molecule has 4 nitrogen and oxygen atoms in total. The fraction of sp³-hybridized carbons (Fsp3) is 0.364. The lowest BCUT2D eigenvalue weighted by molar-refractivity contribution is 0.0718. The fourth-order valence-corrected chi connectivity index (χ4v) is 3.36. The van der Waals surface area contributed by atoms with Gasteiger partial charge in [-0.3, -0.25) is 9.59 Å². The lowest BCUT2D eigenvalue weighted by atomic mass is 10.1. The molecule has 2 amide bonds. The third kappa shape index (κ3) is 3.79. The zero-order valence-electron chi connectivity index (χ0n) is 15.8. The van der Waals surface area contributed by atoms with Crippen molar-refractivity contribution in [2.24, 2.45) is 0 Å². The van der Waals surface area contributed by atoms with Gasteiger partial charge < -0.3 is 9.80 Å². The summed E-state index contributed by atoms with van der Waals surface area (Å²) in [6, 6.07) is 13.5. The van der Waals surface area contributed by atoms with Gasteiger partial charge in [0, 0.05) is 37.3 Å².